The summed E-state index contributed by atoms with van der Waals surface area (Å²) >= 11 is 0. The van der Waals surface area contributed by atoms with Gasteiger partial charge in [0.05, 0.1) is 5.52 Å². The molecule has 2 atom stereocenters. The molecule has 0 spiro atoms. The van der Waals surface area contributed by atoms with Gasteiger partial charge >= 0.3 is 6.18 Å². The predicted octanol–water partition coefficient (Wildman–Crippen LogP) is 3.68. The fourth-order valence-corrected chi connectivity index (χ4v) is 5.50. The lowest BCUT2D eigenvalue weighted by Crippen LogP contribution is -2.38. The van der Waals surface area contributed by atoms with Gasteiger partial charge in [-0.25, -0.2) is 4.98 Å². The van der Waals surface area contributed by atoms with Crippen molar-refractivity contribution in [2.24, 2.45) is 11.3 Å². The highest BCUT2D eigenvalue weighted by atomic mass is 19.4. The number of H-pyrrole nitrogens is 1. The second-order valence-corrected chi connectivity index (χ2v) is 10.2. The number of likely N-dealkylation sites (tertiary alicyclic amines) is 2. The van der Waals surface area contributed by atoms with Crippen LogP contribution in [0, 0.1) is 11.3 Å². The van der Waals surface area contributed by atoms with Crippen LogP contribution < -0.4 is 4.74 Å². The van der Waals surface area contributed by atoms with Gasteiger partial charge in [-0.3, -0.25) is 9.59 Å². The molecule has 2 aliphatic rings. The summed E-state index contributed by atoms with van der Waals surface area (Å²) in [6.07, 6.45) is -4.51. The van der Waals surface area contributed by atoms with E-state index in [0.717, 1.165) is 0 Å². The van der Waals surface area contributed by atoms with Gasteiger partial charge in [-0.05, 0) is 30.3 Å². The number of carbonyl (C=O) groups excluding carboxylic acids is 2. The van der Waals surface area contributed by atoms with E-state index in [9.17, 15) is 22.8 Å². The highest BCUT2D eigenvalue weighted by molar-refractivity contribution is 5.98. The van der Waals surface area contributed by atoms with E-state index in [0.29, 0.717) is 53.7 Å². The zero-order chi connectivity index (χ0) is 26.7. The van der Waals surface area contributed by atoms with Crippen molar-refractivity contribution in [3.05, 3.63) is 59.8 Å². The van der Waals surface area contributed by atoms with E-state index >= 15 is 0 Å². The van der Waals surface area contributed by atoms with Crippen molar-refractivity contribution in [1.29, 1.82) is 0 Å². The Morgan fingerprint density at radius 3 is 2.45 bits per heavy atom. The van der Waals surface area contributed by atoms with E-state index < -0.39 is 12.8 Å². The quantitative estimate of drug-likeness (QED) is 0.437. The number of benzene rings is 2. The molecule has 0 saturated carbocycles. The van der Waals surface area contributed by atoms with Gasteiger partial charge in [0.25, 0.3) is 11.8 Å². The molecular weight excluding hydrogens is 501 g/mol. The molecule has 4 aromatic rings. The Balaban J connectivity index is 1.19. The maximum absolute atomic E-state index is 13.4. The van der Waals surface area contributed by atoms with Crippen molar-refractivity contribution in [3.63, 3.8) is 0 Å². The zero-order valence-electron chi connectivity index (χ0n) is 20.3. The van der Waals surface area contributed by atoms with Crippen LogP contribution in [0.25, 0.3) is 21.9 Å². The molecule has 1 N–H and O–H groups in total. The van der Waals surface area contributed by atoms with E-state index in [4.69, 9.17) is 4.74 Å². The molecular formula is C26H23F3N6O3. The van der Waals surface area contributed by atoms with Crippen LogP contribution in [-0.2, 0) is 0 Å². The number of nitrogens with one attached hydrogen (secondary N) is 1. The molecule has 2 saturated heterocycles. The van der Waals surface area contributed by atoms with E-state index in [-0.39, 0.29) is 34.6 Å². The molecule has 196 valence electrons. The molecule has 0 aliphatic carbocycles. The summed E-state index contributed by atoms with van der Waals surface area (Å²) < 4.78 is 43.5. The summed E-state index contributed by atoms with van der Waals surface area (Å²) in [4.78, 5) is 34.5. The number of pyridine rings is 1. The third-order valence-electron chi connectivity index (χ3n) is 7.40. The third kappa shape index (κ3) is 4.29. The number of fused-ring (bicyclic) bond motifs is 3. The molecule has 2 amide bonds. The molecule has 12 heteroatoms. The molecule has 6 rings (SSSR count). The standard InChI is InChI=1S/C26H23F3N6O3/c1-25-12-34(23(36)15-6-7-19-20(8-15)32-33-31-19)10-16(25)11-35(13-25)24(37)21-9-22(38-14-26(27,28)29)17-4-2-3-5-18(17)30-21/h2-9,16H,10-14H2,1H3,(H,31,32,33)/t16-,25-/m0/s1. The van der Waals surface area contributed by atoms with Crippen molar-refractivity contribution in [2.75, 3.05) is 32.8 Å². The topological polar surface area (TPSA) is 104 Å². The van der Waals surface area contributed by atoms with E-state index in [1.165, 1.54) is 6.07 Å². The molecule has 9 nitrogen and oxygen atoms in total. The van der Waals surface area contributed by atoms with Crippen molar-refractivity contribution < 1.29 is 27.5 Å². The first-order valence-electron chi connectivity index (χ1n) is 12.1. The van der Waals surface area contributed by atoms with Crippen LogP contribution in [0.4, 0.5) is 13.2 Å². The number of ether oxygens (including phenoxy) is 1. The molecule has 2 aromatic heterocycles. The first-order chi connectivity index (χ1) is 18.1. The second kappa shape index (κ2) is 8.67. The summed E-state index contributed by atoms with van der Waals surface area (Å²) in [6, 6.07) is 13.1. The molecule has 2 aromatic carbocycles. The normalized spacial score (nSPS) is 21.3. The van der Waals surface area contributed by atoms with Crippen molar-refractivity contribution in [1.82, 2.24) is 30.2 Å². The van der Waals surface area contributed by atoms with Gasteiger partial charge in [-0.1, -0.05) is 19.1 Å². The Hall–Kier alpha value is -4.22. The van der Waals surface area contributed by atoms with E-state index in [1.807, 2.05) is 6.92 Å². The summed E-state index contributed by atoms with van der Waals surface area (Å²) in [5.41, 5.74) is 1.89. The SMILES string of the molecule is C[C@@]12CN(C(=O)c3ccc4n[nH]nc4c3)C[C@H]1CN(C(=O)c1cc(OCC(F)(F)F)c3ccccc3n1)C2. The molecule has 0 unspecified atom stereocenters. The minimum Gasteiger partial charge on any atom is -0.483 e. The maximum atomic E-state index is 13.4. The van der Waals surface area contributed by atoms with Gasteiger partial charge in [0.2, 0.25) is 0 Å². The number of alkyl halides is 3. The first-order valence-corrected chi connectivity index (χ1v) is 12.1. The number of nitrogens with zero attached hydrogens (tertiary/aromatic N) is 5. The molecule has 38 heavy (non-hydrogen) atoms. The number of rotatable bonds is 4. The first kappa shape index (κ1) is 24.1. The number of carbonyl (C=O) groups is 2. The number of para-hydroxylation sites is 1. The summed E-state index contributed by atoms with van der Waals surface area (Å²) in [5.74, 6) is -0.473. The number of aromatic amines is 1. The van der Waals surface area contributed by atoms with Crippen LogP contribution in [0.3, 0.4) is 0 Å². The minimum atomic E-state index is -4.51. The number of hydrogen-bond acceptors (Lipinski definition) is 6. The van der Waals surface area contributed by atoms with Crippen LogP contribution in [0.5, 0.6) is 5.75 Å². The van der Waals surface area contributed by atoms with Crippen LogP contribution in [0.2, 0.25) is 0 Å². The van der Waals surface area contributed by atoms with Crippen LogP contribution in [0.15, 0.2) is 48.5 Å². The van der Waals surface area contributed by atoms with Crippen LogP contribution >= 0.6 is 0 Å². The van der Waals surface area contributed by atoms with Crippen molar-refractivity contribution in [2.45, 2.75) is 13.1 Å². The van der Waals surface area contributed by atoms with Gasteiger partial charge in [0.15, 0.2) is 6.61 Å². The molecule has 4 heterocycles. The lowest BCUT2D eigenvalue weighted by molar-refractivity contribution is -0.153. The lowest BCUT2D eigenvalue weighted by Gasteiger charge is -2.25. The Morgan fingerprint density at radius 2 is 1.71 bits per heavy atom. The van der Waals surface area contributed by atoms with Gasteiger partial charge in [-0.15, -0.1) is 0 Å². The van der Waals surface area contributed by atoms with Crippen molar-refractivity contribution >= 4 is 33.8 Å². The van der Waals surface area contributed by atoms with Gasteiger partial charge in [0.1, 0.15) is 22.5 Å². The molecule has 0 bridgehead atoms. The predicted molar refractivity (Wildman–Crippen MR) is 131 cm³/mol. The van der Waals surface area contributed by atoms with Gasteiger partial charge in [0, 0.05) is 54.5 Å². The monoisotopic (exact) mass is 524 g/mol. The number of hydrogen-bond donors (Lipinski definition) is 1. The average molecular weight is 525 g/mol. The van der Waals surface area contributed by atoms with Gasteiger partial charge < -0.3 is 14.5 Å². The number of amides is 2. The fraction of sp³-hybridized carbons (Fsp3) is 0.346. The number of halogens is 3. The van der Waals surface area contributed by atoms with E-state index in [1.54, 1.807) is 52.3 Å². The highest BCUT2D eigenvalue weighted by Crippen LogP contribution is 2.43. The van der Waals surface area contributed by atoms with Crippen LogP contribution in [0.1, 0.15) is 27.8 Å². The van der Waals surface area contributed by atoms with Gasteiger partial charge in [-0.2, -0.15) is 28.6 Å². The molecule has 2 fully saturated rings. The Labute approximate surface area is 214 Å². The Morgan fingerprint density at radius 1 is 1.00 bits per heavy atom. The second-order valence-electron chi connectivity index (χ2n) is 10.2. The maximum Gasteiger partial charge on any atom is 0.422 e. The third-order valence-corrected chi connectivity index (χ3v) is 7.40. The Kier molecular flexibility index (Phi) is 5.51. The summed E-state index contributed by atoms with van der Waals surface area (Å²) in [5, 5.41) is 11.0. The fourth-order valence-electron chi connectivity index (χ4n) is 5.50. The molecule has 0 radical (unpaired) electrons. The van der Waals surface area contributed by atoms with Crippen LogP contribution in [-0.4, -0.2) is 81.0 Å². The average Bonchev–Trinajstić information content (AvgIpc) is 3.57. The summed E-state index contributed by atoms with van der Waals surface area (Å²) in [7, 11) is 0. The highest BCUT2D eigenvalue weighted by Gasteiger charge is 2.51. The zero-order valence-corrected chi connectivity index (χ0v) is 20.3. The molecule has 2 aliphatic heterocycles. The smallest absolute Gasteiger partial charge is 0.422 e. The largest absolute Gasteiger partial charge is 0.483 e. The lowest BCUT2D eigenvalue weighted by atomic mass is 9.83. The number of aromatic nitrogens is 4. The minimum absolute atomic E-state index is 0.0262. The van der Waals surface area contributed by atoms with Crippen molar-refractivity contribution in [3.8, 4) is 5.75 Å². The summed E-state index contributed by atoms with van der Waals surface area (Å²) in [6.45, 7) is 2.35. The Bertz CT molecular complexity index is 1570. The van der Waals surface area contributed by atoms with E-state index in [2.05, 4.69) is 20.4 Å².